The Hall–Kier alpha value is -3.41. The summed E-state index contributed by atoms with van der Waals surface area (Å²) in [5, 5.41) is 10.7. The fourth-order valence-corrected chi connectivity index (χ4v) is 2.38. The monoisotopic (exact) mass is 320 g/mol. The van der Waals surface area contributed by atoms with E-state index < -0.39 is 4.92 Å². The highest BCUT2D eigenvalue weighted by atomic mass is 16.6. The second-order valence-corrected chi connectivity index (χ2v) is 5.16. The van der Waals surface area contributed by atoms with Crippen LogP contribution in [0.15, 0.2) is 73.1 Å². The van der Waals surface area contributed by atoms with Gasteiger partial charge in [-0.2, -0.15) is 4.57 Å². The molecule has 0 N–H and O–H groups in total. The predicted octanol–water partition coefficient (Wildman–Crippen LogP) is 2.83. The van der Waals surface area contributed by atoms with Crippen molar-refractivity contribution < 1.29 is 14.3 Å². The summed E-state index contributed by atoms with van der Waals surface area (Å²) in [5.41, 5.74) is 2.00. The molecule has 6 heteroatoms. The molecule has 2 aromatic heterocycles. The minimum atomic E-state index is -0.487. The van der Waals surface area contributed by atoms with Gasteiger partial charge < -0.3 is 0 Å². The standard InChI is InChI=1S/C18H14N3O3/c22-18(14-7-9-15(10-8-14)21(23)24)13-20-12-4-2-6-17(20)16-5-1-3-11-19-16/h1-12H,13H2/q+1. The zero-order chi connectivity index (χ0) is 16.9. The predicted molar refractivity (Wildman–Crippen MR) is 87.3 cm³/mol. The van der Waals surface area contributed by atoms with Gasteiger partial charge in [0.15, 0.2) is 6.20 Å². The Morgan fingerprint density at radius 2 is 1.79 bits per heavy atom. The number of benzene rings is 1. The summed E-state index contributed by atoms with van der Waals surface area (Å²) >= 11 is 0. The van der Waals surface area contributed by atoms with Crippen LogP contribution in [0.3, 0.4) is 0 Å². The highest BCUT2D eigenvalue weighted by Crippen LogP contribution is 2.14. The lowest BCUT2D eigenvalue weighted by molar-refractivity contribution is -0.672. The SMILES string of the molecule is O=C(C[n+]1ccccc1-c1ccccn1)c1ccc([N+](=O)[O-])cc1. The van der Waals surface area contributed by atoms with E-state index in [1.165, 1.54) is 24.3 Å². The Kier molecular flexibility index (Phi) is 4.38. The lowest BCUT2D eigenvalue weighted by Crippen LogP contribution is -2.39. The fourth-order valence-electron chi connectivity index (χ4n) is 2.38. The summed E-state index contributed by atoms with van der Waals surface area (Å²) in [6.45, 7) is 0.130. The minimum absolute atomic E-state index is 0.0342. The third-order valence-electron chi connectivity index (χ3n) is 3.58. The first-order valence-corrected chi connectivity index (χ1v) is 7.32. The molecule has 6 nitrogen and oxygen atoms in total. The number of carbonyl (C=O) groups is 1. The molecule has 0 unspecified atom stereocenters. The molecule has 0 bridgehead atoms. The van der Waals surface area contributed by atoms with Crippen molar-refractivity contribution in [1.82, 2.24) is 4.98 Å². The van der Waals surface area contributed by atoms with Gasteiger partial charge in [0.1, 0.15) is 5.69 Å². The van der Waals surface area contributed by atoms with E-state index in [9.17, 15) is 14.9 Å². The van der Waals surface area contributed by atoms with Gasteiger partial charge in [0.2, 0.25) is 18.0 Å². The first-order valence-electron chi connectivity index (χ1n) is 7.32. The largest absolute Gasteiger partial charge is 0.287 e. The third-order valence-corrected chi connectivity index (χ3v) is 3.58. The maximum Gasteiger partial charge on any atom is 0.269 e. The van der Waals surface area contributed by atoms with Crippen molar-refractivity contribution in [2.45, 2.75) is 6.54 Å². The summed E-state index contributed by atoms with van der Waals surface area (Å²) in [7, 11) is 0. The van der Waals surface area contributed by atoms with Crippen LogP contribution in [-0.2, 0) is 6.54 Å². The molecule has 0 fully saturated rings. The average molecular weight is 320 g/mol. The van der Waals surface area contributed by atoms with Crippen molar-refractivity contribution in [1.29, 1.82) is 0 Å². The second kappa shape index (κ2) is 6.78. The van der Waals surface area contributed by atoms with Gasteiger partial charge in [-0.1, -0.05) is 6.07 Å². The van der Waals surface area contributed by atoms with E-state index in [1.807, 2.05) is 47.2 Å². The number of aromatic nitrogens is 2. The lowest BCUT2D eigenvalue weighted by atomic mass is 10.1. The Bertz CT molecular complexity index is 878. The van der Waals surface area contributed by atoms with Crippen LogP contribution in [0.1, 0.15) is 10.4 Å². The summed E-state index contributed by atoms with van der Waals surface area (Å²) < 4.78 is 1.81. The number of nitrogens with zero attached hydrogens (tertiary/aromatic N) is 3. The van der Waals surface area contributed by atoms with Crippen LogP contribution >= 0.6 is 0 Å². The first-order chi connectivity index (χ1) is 11.6. The van der Waals surface area contributed by atoms with Gasteiger partial charge in [-0.3, -0.25) is 14.9 Å². The van der Waals surface area contributed by atoms with E-state index in [0.29, 0.717) is 5.56 Å². The summed E-state index contributed by atoms with van der Waals surface area (Å²) in [6.07, 6.45) is 3.51. The molecule has 0 radical (unpaired) electrons. The molecule has 0 aliphatic heterocycles. The maximum atomic E-state index is 12.5. The number of rotatable bonds is 5. The second-order valence-electron chi connectivity index (χ2n) is 5.16. The fraction of sp³-hybridized carbons (Fsp3) is 0.0556. The molecule has 0 aliphatic rings. The molecule has 3 rings (SSSR count). The number of nitro groups is 1. The van der Waals surface area contributed by atoms with Gasteiger partial charge in [0.05, 0.1) is 4.92 Å². The van der Waals surface area contributed by atoms with Crippen molar-refractivity contribution in [3.8, 4) is 11.4 Å². The smallest absolute Gasteiger partial charge is 0.269 e. The summed E-state index contributed by atoms with van der Waals surface area (Å²) in [6, 6.07) is 16.8. The molecule has 0 aliphatic carbocycles. The van der Waals surface area contributed by atoms with E-state index in [2.05, 4.69) is 4.98 Å². The number of Topliss-reactive ketones (excluding diaryl/α,β-unsaturated/α-hetero) is 1. The normalized spacial score (nSPS) is 10.3. The van der Waals surface area contributed by atoms with Crippen molar-refractivity contribution in [2.75, 3.05) is 0 Å². The molecule has 0 spiro atoms. The Labute approximate surface area is 138 Å². The van der Waals surface area contributed by atoms with Crippen molar-refractivity contribution in [2.24, 2.45) is 0 Å². The number of carbonyl (C=O) groups excluding carboxylic acids is 1. The van der Waals surface area contributed by atoms with Crippen LogP contribution in [0.2, 0.25) is 0 Å². The van der Waals surface area contributed by atoms with Gasteiger partial charge in [-0.05, 0) is 30.3 Å². The number of non-ortho nitro benzene ring substituents is 1. The van der Waals surface area contributed by atoms with Gasteiger partial charge in [0, 0.05) is 36.0 Å². The van der Waals surface area contributed by atoms with Crippen LogP contribution in [0.5, 0.6) is 0 Å². The minimum Gasteiger partial charge on any atom is -0.287 e. The van der Waals surface area contributed by atoms with E-state index in [1.54, 1.807) is 6.20 Å². The highest BCUT2D eigenvalue weighted by molar-refractivity contribution is 5.95. The Morgan fingerprint density at radius 3 is 2.46 bits per heavy atom. The van der Waals surface area contributed by atoms with Crippen molar-refractivity contribution in [3.05, 3.63) is 88.7 Å². The molecule has 2 heterocycles. The maximum absolute atomic E-state index is 12.5. The molecule has 1 aromatic carbocycles. The number of hydrogen-bond acceptors (Lipinski definition) is 4. The Balaban J connectivity index is 1.86. The lowest BCUT2D eigenvalue weighted by Gasteiger charge is -2.03. The number of pyridine rings is 2. The molecular weight excluding hydrogens is 306 g/mol. The van der Waals surface area contributed by atoms with Crippen LogP contribution in [0.25, 0.3) is 11.4 Å². The third kappa shape index (κ3) is 3.33. The highest BCUT2D eigenvalue weighted by Gasteiger charge is 2.18. The molecule has 0 atom stereocenters. The molecular formula is C18H14N3O3+. The van der Waals surface area contributed by atoms with Crippen LogP contribution < -0.4 is 4.57 Å². The quantitative estimate of drug-likeness (QED) is 0.313. The first kappa shape index (κ1) is 15.5. The number of nitro benzene ring substituents is 1. The summed E-state index contributed by atoms with van der Waals surface area (Å²) in [5.74, 6) is -0.127. The Morgan fingerprint density at radius 1 is 1.04 bits per heavy atom. The topological polar surface area (TPSA) is 77.0 Å². The molecule has 0 amide bonds. The van der Waals surface area contributed by atoms with Crippen molar-refractivity contribution in [3.63, 3.8) is 0 Å². The van der Waals surface area contributed by atoms with E-state index in [-0.39, 0.29) is 18.0 Å². The van der Waals surface area contributed by atoms with Gasteiger partial charge in [-0.25, -0.2) is 4.98 Å². The van der Waals surface area contributed by atoms with Crippen LogP contribution in [-0.4, -0.2) is 15.7 Å². The van der Waals surface area contributed by atoms with E-state index in [4.69, 9.17) is 0 Å². The van der Waals surface area contributed by atoms with Crippen LogP contribution in [0, 0.1) is 10.1 Å². The number of hydrogen-bond donors (Lipinski definition) is 0. The molecule has 0 saturated heterocycles. The van der Waals surface area contributed by atoms with Crippen LogP contribution in [0.4, 0.5) is 5.69 Å². The van der Waals surface area contributed by atoms with E-state index >= 15 is 0 Å². The molecule has 118 valence electrons. The van der Waals surface area contributed by atoms with E-state index in [0.717, 1.165) is 11.4 Å². The van der Waals surface area contributed by atoms with Gasteiger partial charge >= 0.3 is 0 Å². The van der Waals surface area contributed by atoms with Gasteiger partial charge in [0.25, 0.3) is 5.69 Å². The molecule has 0 saturated carbocycles. The summed E-state index contributed by atoms with van der Waals surface area (Å²) in [4.78, 5) is 27.0. The van der Waals surface area contributed by atoms with Gasteiger partial charge in [-0.15, -0.1) is 0 Å². The number of ketones is 1. The molecule has 24 heavy (non-hydrogen) atoms. The average Bonchev–Trinajstić information content (AvgIpc) is 2.63. The zero-order valence-electron chi connectivity index (χ0n) is 12.7. The molecule has 3 aromatic rings. The zero-order valence-corrected chi connectivity index (χ0v) is 12.7. The van der Waals surface area contributed by atoms with Crippen molar-refractivity contribution >= 4 is 11.5 Å².